The van der Waals surface area contributed by atoms with Gasteiger partial charge in [-0.15, -0.1) is 0 Å². The van der Waals surface area contributed by atoms with E-state index in [9.17, 15) is 9.59 Å². The lowest BCUT2D eigenvalue weighted by atomic mass is 10.1. The summed E-state index contributed by atoms with van der Waals surface area (Å²) in [5.74, 6) is -0.531. The highest BCUT2D eigenvalue weighted by Crippen LogP contribution is 2.07. The summed E-state index contributed by atoms with van der Waals surface area (Å²) in [5.41, 5.74) is 0. The molecule has 0 rings (SSSR count). The fraction of sp³-hybridized carbons (Fsp3) is 0.818. The third-order valence-electron chi connectivity index (χ3n) is 2.05. The maximum absolute atomic E-state index is 11.4. The van der Waals surface area contributed by atoms with Crippen molar-refractivity contribution >= 4 is 12.4 Å². The minimum atomic E-state index is -0.832. The van der Waals surface area contributed by atoms with Crippen LogP contribution in [0.25, 0.3) is 0 Å². The minimum Gasteiger partial charge on any atom is -0.460 e. The Balaban J connectivity index is 3.87. The zero-order valence-electron chi connectivity index (χ0n) is 9.86. The number of carbonyl (C=O) groups is 1. The summed E-state index contributed by atoms with van der Waals surface area (Å²) in [7, 11) is 1.52. The van der Waals surface area contributed by atoms with E-state index in [1.807, 2.05) is 0 Å². The fourth-order valence-electron chi connectivity index (χ4n) is 1.18. The summed E-state index contributed by atoms with van der Waals surface area (Å²) in [6.07, 6.45) is 2.50. The Morgan fingerprint density at radius 1 is 1.31 bits per heavy atom. The Hall–Kier alpha value is -1.10. The fourth-order valence-corrected chi connectivity index (χ4v) is 1.18. The summed E-state index contributed by atoms with van der Waals surface area (Å²) < 4.78 is 14.2. The second kappa shape index (κ2) is 10.4. The summed E-state index contributed by atoms with van der Waals surface area (Å²) in [4.78, 5) is 21.5. The maximum atomic E-state index is 11.4. The van der Waals surface area contributed by atoms with E-state index in [-0.39, 0.29) is 6.61 Å². The number of esters is 1. The van der Waals surface area contributed by atoms with Crippen LogP contribution in [0.2, 0.25) is 0 Å². The van der Waals surface area contributed by atoms with E-state index >= 15 is 0 Å². The van der Waals surface area contributed by atoms with Gasteiger partial charge in [0.15, 0.2) is 6.10 Å². The zero-order valence-corrected chi connectivity index (χ0v) is 9.86. The van der Waals surface area contributed by atoms with Gasteiger partial charge >= 0.3 is 12.4 Å². The van der Waals surface area contributed by atoms with Crippen molar-refractivity contribution in [2.24, 2.45) is 0 Å². The van der Waals surface area contributed by atoms with Gasteiger partial charge in [-0.05, 0) is 12.8 Å². The molecule has 5 heteroatoms. The normalized spacial score (nSPS) is 11.9. The van der Waals surface area contributed by atoms with Gasteiger partial charge in [0, 0.05) is 7.11 Å². The SMILES string of the molecule is CCCCCC(O[C]=O)C(=O)OCCOC. The first-order chi connectivity index (χ1) is 7.76. The van der Waals surface area contributed by atoms with Crippen LogP contribution in [0.4, 0.5) is 0 Å². The number of rotatable bonds is 10. The number of unbranched alkanes of at least 4 members (excludes halogenated alkanes) is 2. The van der Waals surface area contributed by atoms with Gasteiger partial charge in [0.05, 0.1) is 6.61 Å². The van der Waals surface area contributed by atoms with Crippen LogP contribution in [0.15, 0.2) is 0 Å². The Bertz CT molecular complexity index is 193. The topological polar surface area (TPSA) is 61.8 Å². The summed E-state index contributed by atoms with van der Waals surface area (Å²) in [5, 5.41) is 0. The van der Waals surface area contributed by atoms with E-state index in [0.717, 1.165) is 19.3 Å². The lowest BCUT2D eigenvalue weighted by Gasteiger charge is -2.13. The van der Waals surface area contributed by atoms with Crippen LogP contribution in [0.5, 0.6) is 0 Å². The molecule has 1 atom stereocenters. The van der Waals surface area contributed by atoms with Crippen molar-refractivity contribution in [1.29, 1.82) is 0 Å². The van der Waals surface area contributed by atoms with E-state index in [4.69, 9.17) is 9.47 Å². The molecular formula is C11H19O5. The van der Waals surface area contributed by atoms with Gasteiger partial charge < -0.3 is 14.2 Å². The van der Waals surface area contributed by atoms with E-state index in [1.54, 1.807) is 0 Å². The van der Waals surface area contributed by atoms with Gasteiger partial charge in [-0.2, -0.15) is 0 Å². The zero-order chi connectivity index (χ0) is 12.2. The molecule has 1 unspecified atom stereocenters. The Kier molecular flexibility index (Phi) is 9.70. The smallest absolute Gasteiger partial charge is 0.418 e. The summed E-state index contributed by atoms with van der Waals surface area (Å²) in [6.45, 7) is 3.84. The van der Waals surface area contributed by atoms with Crippen molar-refractivity contribution < 1.29 is 23.8 Å². The Morgan fingerprint density at radius 3 is 2.62 bits per heavy atom. The first kappa shape index (κ1) is 14.9. The molecule has 16 heavy (non-hydrogen) atoms. The van der Waals surface area contributed by atoms with Crippen LogP contribution < -0.4 is 0 Å². The molecule has 0 N–H and O–H groups in total. The van der Waals surface area contributed by atoms with E-state index in [1.165, 1.54) is 13.6 Å². The maximum Gasteiger partial charge on any atom is 0.418 e. The van der Waals surface area contributed by atoms with Gasteiger partial charge in [-0.3, -0.25) is 0 Å². The summed E-state index contributed by atoms with van der Waals surface area (Å²) >= 11 is 0. The van der Waals surface area contributed by atoms with Crippen molar-refractivity contribution in [1.82, 2.24) is 0 Å². The predicted molar refractivity (Wildman–Crippen MR) is 57.5 cm³/mol. The number of ether oxygens (including phenoxy) is 3. The number of hydrogen-bond donors (Lipinski definition) is 0. The standard InChI is InChI=1S/C11H19O5/c1-3-4-5-6-10(16-9-12)11(13)15-8-7-14-2/h10H,3-8H2,1-2H3. The van der Waals surface area contributed by atoms with Gasteiger partial charge in [0.1, 0.15) is 6.61 Å². The average Bonchev–Trinajstić information content (AvgIpc) is 2.28. The molecule has 0 bridgehead atoms. The molecule has 0 spiro atoms. The van der Waals surface area contributed by atoms with E-state index < -0.39 is 12.1 Å². The van der Waals surface area contributed by atoms with Crippen molar-refractivity contribution in [3.63, 3.8) is 0 Å². The van der Waals surface area contributed by atoms with Crippen molar-refractivity contribution in [2.75, 3.05) is 20.3 Å². The van der Waals surface area contributed by atoms with Gasteiger partial charge in [0.25, 0.3) is 0 Å². The first-order valence-electron chi connectivity index (χ1n) is 5.44. The quantitative estimate of drug-likeness (QED) is 0.417. The third-order valence-corrected chi connectivity index (χ3v) is 2.05. The minimum absolute atomic E-state index is 0.168. The lowest BCUT2D eigenvalue weighted by Crippen LogP contribution is -2.27. The van der Waals surface area contributed by atoms with Gasteiger partial charge in [0.2, 0.25) is 0 Å². The molecule has 0 aliphatic carbocycles. The monoisotopic (exact) mass is 231 g/mol. The second-order valence-electron chi connectivity index (χ2n) is 3.35. The molecule has 5 nitrogen and oxygen atoms in total. The predicted octanol–water partition coefficient (Wildman–Crippen LogP) is 1.21. The molecule has 0 saturated heterocycles. The molecule has 0 aromatic heterocycles. The molecule has 0 aromatic rings. The van der Waals surface area contributed by atoms with E-state index in [0.29, 0.717) is 13.0 Å². The molecular weight excluding hydrogens is 212 g/mol. The highest BCUT2D eigenvalue weighted by atomic mass is 16.6. The van der Waals surface area contributed by atoms with Crippen molar-refractivity contribution in [3.05, 3.63) is 0 Å². The van der Waals surface area contributed by atoms with Crippen molar-refractivity contribution in [3.8, 4) is 0 Å². The lowest BCUT2D eigenvalue weighted by molar-refractivity contribution is -0.154. The number of methoxy groups -OCH3 is 1. The molecule has 93 valence electrons. The van der Waals surface area contributed by atoms with Gasteiger partial charge in [-0.1, -0.05) is 19.8 Å². The van der Waals surface area contributed by atoms with Crippen LogP contribution >= 0.6 is 0 Å². The molecule has 0 aliphatic rings. The molecule has 0 amide bonds. The number of hydrogen-bond acceptors (Lipinski definition) is 5. The third kappa shape index (κ3) is 7.23. The Morgan fingerprint density at radius 2 is 2.06 bits per heavy atom. The van der Waals surface area contributed by atoms with Gasteiger partial charge in [-0.25, -0.2) is 9.59 Å². The molecule has 1 radical (unpaired) electrons. The van der Waals surface area contributed by atoms with Crippen LogP contribution in [-0.2, 0) is 23.8 Å². The van der Waals surface area contributed by atoms with Crippen molar-refractivity contribution in [2.45, 2.75) is 38.7 Å². The first-order valence-corrected chi connectivity index (χ1v) is 5.44. The highest BCUT2D eigenvalue weighted by molar-refractivity contribution is 5.75. The van der Waals surface area contributed by atoms with Crippen LogP contribution in [-0.4, -0.2) is 38.9 Å². The molecule has 0 aliphatic heterocycles. The highest BCUT2D eigenvalue weighted by Gasteiger charge is 2.20. The molecule has 0 fully saturated rings. The largest absolute Gasteiger partial charge is 0.460 e. The summed E-state index contributed by atoms with van der Waals surface area (Å²) in [6, 6.07) is 0. The molecule has 0 saturated carbocycles. The second-order valence-corrected chi connectivity index (χ2v) is 3.35. The van der Waals surface area contributed by atoms with E-state index in [2.05, 4.69) is 11.7 Å². The average molecular weight is 231 g/mol. The van der Waals surface area contributed by atoms with Crippen LogP contribution in [0.3, 0.4) is 0 Å². The molecule has 0 aromatic carbocycles. The molecule has 0 heterocycles. The van der Waals surface area contributed by atoms with Crippen LogP contribution in [0.1, 0.15) is 32.6 Å². The number of carbonyl (C=O) groups excluding carboxylic acids is 2. The Labute approximate surface area is 96.1 Å². The van der Waals surface area contributed by atoms with Crippen LogP contribution in [0, 0.1) is 0 Å².